The standard InChI is InChI=1S/C23H27N9O2/c1-14-10-20(31-30-14)27-21-17-13-26-32(16-4-7-33-8-5-16)22(17)29-23(28-21)25-12-15-2-3-19-18(11-15)24-6-9-34-19/h2-3,10-11,13,16,24H,4-9,12H2,1H3,(H3,25,27,28,29,30,31). The number of nitrogens with zero attached hydrogens (tertiary/aromatic N) is 5. The zero-order valence-corrected chi connectivity index (χ0v) is 19.0. The van der Waals surface area contributed by atoms with Gasteiger partial charge in [-0.15, -0.1) is 0 Å². The second-order valence-electron chi connectivity index (χ2n) is 8.59. The van der Waals surface area contributed by atoms with Crippen LogP contribution in [0.15, 0.2) is 30.5 Å². The first-order chi connectivity index (χ1) is 16.7. The second-order valence-corrected chi connectivity index (χ2v) is 8.59. The zero-order valence-electron chi connectivity index (χ0n) is 19.0. The minimum atomic E-state index is 0.251. The van der Waals surface area contributed by atoms with E-state index in [1.54, 1.807) is 0 Å². The Kier molecular flexibility index (Phi) is 5.38. The molecular formula is C23H27N9O2. The molecule has 1 fully saturated rings. The number of rotatable bonds is 6. The van der Waals surface area contributed by atoms with Crippen molar-refractivity contribution in [2.45, 2.75) is 32.4 Å². The summed E-state index contributed by atoms with van der Waals surface area (Å²) in [6, 6.07) is 8.33. The third-order valence-corrected chi connectivity index (χ3v) is 6.11. The van der Waals surface area contributed by atoms with Gasteiger partial charge in [0.2, 0.25) is 5.95 Å². The van der Waals surface area contributed by atoms with E-state index in [1.807, 2.05) is 29.9 Å². The number of aromatic nitrogens is 6. The van der Waals surface area contributed by atoms with Gasteiger partial charge in [0.1, 0.15) is 18.2 Å². The van der Waals surface area contributed by atoms with Crippen LogP contribution in [-0.4, -0.2) is 56.3 Å². The zero-order chi connectivity index (χ0) is 22.9. The highest BCUT2D eigenvalue weighted by atomic mass is 16.5. The van der Waals surface area contributed by atoms with Gasteiger partial charge in [-0.1, -0.05) is 6.07 Å². The van der Waals surface area contributed by atoms with E-state index >= 15 is 0 Å². The quantitative estimate of drug-likeness (QED) is 0.342. The molecule has 11 nitrogen and oxygen atoms in total. The van der Waals surface area contributed by atoms with E-state index in [-0.39, 0.29) is 6.04 Å². The fourth-order valence-electron chi connectivity index (χ4n) is 4.38. The van der Waals surface area contributed by atoms with Gasteiger partial charge < -0.3 is 25.4 Å². The number of aryl methyl sites for hydroxylation is 1. The lowest BCUT2D eigenvalue weighted by atomic mass is 10.1. The Labute approximate surface area is 196 Å². The predicted octanol–water partition coefficient (Wildman–Crippen LogP) is 3.37. The first kappa shape index (κ1) is 20.7. The average molecular weight is 462 g/mol. The summed E-state index contributed by atoms with van der Waals surface area (Å²) in [6.45, 7) is 5.49. The maximum absolute atomic E-state index is 5.68. The predicted molar refractivity (Wildman–Crippen MR) is 129 cm³/mol. The van der Waals surface area contributed by atoms with Gasteiger partial charge in [0.15, 0.2) is 11.5 Å². The van der Waals surface area contributed by atoms with Crippen molar-refractivity contribution in [1.29, 1.82) is 0 Å². The number of aromatic amines is 1. The normalized spacial score (nSPS) is 16.0. The third kappa shape index (κ3) is 4.10. The minimum Gasteiger partial charge on any atom is -0.490 e. The smallest absolute Gasteiger partial charge is 0.227 e. The van der Waals surface area contributed by atoms with Gasteiger partial charge in [0.25, 0.3) is 0 Å². The van der Waals surface area contributed by atoms with Crippen molar-refractivity contribution in [1.82, 2.24) is 29.9 Å². The van der Waals surface area contributed by atoms with E-state index in [4.69, 9.17) is 19.4 Å². The van der Waals surface area contributed by atoms with Gasteiger partial charge in [-0.05, 0) is 37.5 Å². The van der Waals surface area contributed by atoms with Gasteiger partial charge in [0.05, 0.1) is 23.3 Å². The number of fused-ring (bicyclic) bond motifs is 2. The maximum Gasteiger partial charge on any atom is 0.227 e. The summed E-state index contributed by atoms with van der Waals surface area (Å²) < 4.78 is 13.2. The molecule has 0 radical (unpaired) electrons. The first-order valence-electron chi connectivity index (χ1n) is 11.6. The molecular weight excluding hydrogens is 434 g/mol. The van der Waals surface area contributed by atoms with Gasteiger partial charge in [-0.3, -0.25) is 5.10 Å². The molecule has 0 aliphatic carbocycles. The van der Waals surface area contributed by atoms with Crippen LogP contribution in [0.4, 0.5) is 23.3 Å². The van der Waals surface area contributed by atoms with E-state index in [2.05, 4.69) is 43.4 Å². The molecule has 0 atom stereocenters. The molecule has 1 aromatic carbocycles. The molecule has 0 bridgehead atoms. The summed E-state index contributed by atoms with van der Waals surface area (Å²) in [6.07, 6.45) is 3.65. The Morgan fingerprint density at radius 1 is 1.15 bits per heavy atom. The molecule has 4 N–H and O–H groups in total. The summed E-state index contributed by atoms with van der Waals surface area (Å²) in [5, 5.41) is 22.9. The third-order valence-electron chi connectivity index (χ3n) is 6.11. The number of nitrogens with one attached hydrogen (secondary N) is 4. The van der Waals surface area contributed by atoms with Crippen molar-refractivity contribution in [3.8, 4) is 5.75 Å². The molecule has 5 heterocycles. The van der Waals surface area contributed by atoms with Crippen molar-refractivity contribution in [2.24, 2.45) is 0 Å². The van der Waals surface area contributed by atoms with E-state index < -0.39 is 0 Å². The maximum atomic E-state index is 5.68. The summed E-state index contributed by atoms with van der Waals surface area (Å²) >= 11 is 0. The number of hydrogen-bond donors (Lipinski definition) is 4. The molecule has 11 heteroatoms. The molecule has 2 aliphatic rings. The molecule has 6 rings (SSSR count). The van der Waals surface area contributed by atoms with E-state index in [0.717, 1.165) is 66.3 Å². The Morgan fingerprint density at radius 2 is 2.06 bits per heavy atom. The molecule has 0 amide bonds. The lowest BCUT2D eigenvalue weighted by molar-refractivity contribution is 0.0673. The highest BCUT2D eigenvalue weighted by Gasteiger charge is 2.22. The van der Waals surface area contributed by atoms with E-state index in [9.17, 15) is 0 Å². The Hall–Kier alpha value is -3.86. The van der Waals surface area contributed by atoms with Crippen LogP contribution in [0.5, 0.6) is 5.75 Å². The Balaban J connectivity index is 1.32. The van der Waals surface area contributed by atoms with Crippen LogP contribution in [0, 0.1) is 6.92 Å². The first-order valence-corrected chi connectivity index (χ1v) is 11.6. The lowest BCUT2D eigenvalue weighted by Gasteiger charge is -2.22. The molecule has 2 aliphatic heterocycles. The highest BCUT2D eigenvalue weighted by molar-refractivity contribution is 5.89. The Bertz CT molecular complexity index is 1310. The van der Waals surface area contributed by atoms with E-state index in [1.165, 1.54) is 0 Å². The molecule has 0 saturated carbocycles. The van der Waals surface area contributed by atoms with Crippen LogP contribution < -0.4 is 20.7 Å². The van der Waals surface area contributed by atoms with Crippen LogP contribution in [-0.2, 0) is 11.3 Å². The largest absolute Gasteiger partial charge is 0.490 e. The van der Waals surface area contributed by atoms with Crippen molar-refractivity contribution in [3.63, 3.8) is 0 Å². The lowest BCUT2D eigenvalue weighted by Crippen LogP contribution is -2.21. The van der Waals surface area contributed by atoms with Crippen LogP contribution in [0.25, 0.3) is 11.0 Å². The number of H-pyrrole nitrogens is 1. The number of anilines is 4. The van der Waals surface area contributed by atoms with Gasteiger partial charge in [-0.25, -0.2) is 4.68 Å². The molecule has 176 valence electrons. The summed E-state index contributed by atoms with van der Waals surface area (Å²) in [5.74, 6) is 2.77. The second kappa shape index (κ2) is 8.82. The molecule has 0 spiro atoms. The number of ether oxygens (including phenoxy) is 2. The summed E-state index contributed by atoms with van der Waals surface area (Å²) in [4.78, 5) is 9.61. The minimum absolute atomic E-state index is 0.251. The SMILES string of the molecule is Cc1cc(Nc2nc(NCc3ccc4c(c3)NCCO4)nc3c2cnn3C2CCOCC2)n[nH]1. The number of hydrogen-bond acceptors (Lipinski definition) is 9. The topological polar surface area (TPSA) is 127 Å². The van der Waals surface area contributed by atoms with Gasteiger partial charge in [0, 0.05) is 38.1 Å². The van der Waals surface area contributed by atoms with Crippen LogP contribution in [0.1, 0.15) is 30.1 Å². The fraction of sp³-hybridized carbons (Fsp3) is 0.391. The van der Waals surface area contributed by atoms with Crippen molar-refractivity contribution >= 4 is 34.3 Å². The highest BCUT2D eigenvalue weighted by Crippen LogP contribution is 2.31. The molecule has 3 aromatic heterocycles. The molecule has 4 aromatic rings. The molecule has 1 saturated heterocycles. The average Bonchev–Trinajstić information content (AvgIpc) is 3.49. The monoisotopic (exact) mass is 461 g/mol. The van der Waals surface area contributed by atoms with Crippen LogP contribution >= 0.6 is 0 Å². The van der Waals surface area contributed by atoms with Crippen LogP contribution in [0.3, 0.4) is 0 Å². The fourth-order valence-corrected chi connectivity index (χ4v) is 4.38. The van der Waals surface area contributed by atoms with Gasteiger partial charge >= 0.3 is 0 Å². The summed E-state index contributed by atoms with van der Waals surface area (Å²) in [5.41, 5.74) is 3.88. The van der Waals surface area contributed by atoms with E-state index in [0.29, 0.717) is 30.7 Å². The summed E-state index contributed by atoms with van der Waals surface area (Å²) in [7, 11) is 0. The van der Waals surface area contributed by atoms with Gasteiger partial charge in [-0.2, -0.15) is 20.2 Å². The van der Waals surface area contributed by atoms with Crippen molar-refractivity contribution < 1.29 is 9.47 Å². The Morgan fingerprint density at radius 3 is 2.91 bits per heavy atom. The molecule has 0 unspecified atom stereocenters. The van der Waals surface area contributed by atoms with Crippen molar-refractivity contribution in [2.75, 3.05) is 42.3 Å². The molecule has 34 heavy (non-hydrogen) atoms. The number of benzene rings is 1. The van der Waals surface area contributed by atoms with Crippen LogP contribution in [0.2, 0.25) is 0 Å². The van der Waals surface area contributed by atoms with Crippen molar-refractivity contribution in [3.05, 3.63) is 41.7 Å².